The molecule has 1 aliphatic rings. The number of carbonyl (C=O) groups is 1. The van der Waals surface area contributed by atoms with Gasteiger partial charge in [0.1, 0.15) is 0 Å². The maximum atomic E-state index is 11.6. The third-order valence-electron chi connectivity index (χ3n) is 2.63. The third kappa shape index (κ3) is 1.74. The molecule has 0 saturated carbocycles. The van der Waals surface area contributed by atoms with E-state index in [0.29, 0.717) is 12.8 Å². The Hall–Kier alpha value is -0.670. The second kappa shape index (κ2) is 3.83. The number of alkyl halides is 1. The Morgan fingerprint density at radius 3 is 2.86 bits per heavy atom. The van der Waals surface area contributed by atoms with Crippen LogP contribution >= 0.6 is 15.9 Å². The molecule has 14 heavy (non-hydrogen) atoms. The molecule has 2 atom stereocenters. The predicted octanol–water partition coefficient (Wildman–Crippen LogP) is 1.97. The third-order valence-corrected chi connectivity index (χ3v) is 3.50. The monoisotopic (exact) mass is 253 g/mol. The molecule has 1 aromatic rings. The zero-order chi connectivity index (χ0) is 10.1. The lowest BCUT2D eigenvalue weighted by Crippen LogP contribution is -2.30. The summed E-state index contributed by atoms with van der Waals surface area (Å²) in [5.41, 5.74) is 8.08. The molecule has 2 nitrogen and oxygen atoms in total. The van der Waals surface area contributed by atoms with Crippen LogP contribution in [0.25, 0.3) is 0 Å². The number of Topliss-reactive ketones (excluding diaryl/α,β-unsaturated/α-hetero) is 1. The van der Waals surface area contributed by atoms with Crippen LogP contribution in [0.5, 0.6) is 0 Å². The van der Waals surface area contributed by atoms with Crippen LogP contribution in [0.1, 0.15) is 22.4 Å². The van der Waals surface area contributed by atoms with Gasteiger partial charge in [-0.15, -0.1) is 0 Å². The summed E-state index contributed by atoms with van der Waals surface area (Å²) in [6.45, 7) is 0. The molecule has 0 spiro atoms. The van der Waals surface area contributed by atoms with E-state index in [4.69, 9.17) is 5.73 Å². The minimum atomic E-state index is -0.327. The van der Waals surface area contributed by atoms with Gasteiger partial charge in [0.15, 0.2) is 5.78 Å². The second-order valence-corrected chi connectivity index (χ2v) is 4.76. The average Bonchev–Trinajstić information content (AvgIpc) is 2.27. The number of benzene rings is 1. The molecule has 0 aliphatic heterocycles. The van der Waals surface area contributed by atoms with Crippen LogP contribution in [-0.2, 0) is 11.2 Å². The van der Waals surface area contributed by atoms with Gasteiger partial charge in [0.05, 0.1) is 6.04 Å². The van der Waals surface area contributed by atoms with Gasteiger partial charge in [-0.05, 0) is 17.5 Å². The lowest BCUT2D eigenvalue weighted by molar-refractivity contribution is -0.119. The Kier molecular flexibility index (Phi) is 2.70. The van der Waals surface area contributed by atoms with Crippen molar-refractivity contribution in [3.05, 3.63) is 35.4 Å². The molecular weight excluding hydrogens is 242 g/mol. The minimum absolute atomic E-state index is 0.138. The molecule has 2 N–H and O–H groups in total. The number of rotatable bonds is 0. The molecule has 0 bridgehead atoms. The van der Waals surface area contributed by atoms with Crippen LogP contribution in [0, 0.1) is 0 Å². The Bertz CT molecular complexity index is 364. The van der Waals surface area contributed by atoms with E-state index in [2.05, 4.69) is 22.0 Å². The quantitative estimate of drug-likeness (QED) is 0.568. The van der Waals surface area contributed by atoms with E-state index >= 15 is 0 Å². The van der Waals surface area contributed by atoms with Gasteiger partial charge in [0.25, 0.3) is 0 Å². The normalized spacial score (nSPS) is 26.9. The Balaban J connectivity index is 2.43. The summed E-state index contributed by atoms with van der Waals surface area (Å²) in [6, 6.07) is 7.68. The highest BCUT2D eigenvalue weighted by molar-refractivity contribution is 9.09. The van der Waals surface area contributed by atoms with E-state index in [0.717, 1.165) is 5.56 Å². The van der Waals surface area contributed by atoms with E-state index in [-0.39, 0.29) is 16.7 Å². The van der Waals surface area contributed by atoms with Gasteiger partial charge < -0.3 is 5.73 Å². The SMILES string of the molecule is NC1CC(Br)c2ccccc2CC1=O. The molecule has 1 aliphatic carbocycles. The number of carbonyl (C=O) groups excluding carboxylic acids is 1. The lowest BCUT2D eigenvalue weighted by Gasteiger charge is -2.11. The summed E-state index contributed by atoms with van der Waals surface area (Å²) >= 11 is 3.57. The molecule has 0 fully saturated rings. The highest BCUT2D eigenvalue weighted by Gasteiger charge is 2.25. The van der Waals surface area contributed by atoms with Gasteiger partial charge >= 0.3 is 0 Å². The fraction of sp³-hybridized carbons (Fsp3) is 0.364. The van der Waals surface area contributed by atoms with Crippen LogP contribution in [-0.4, -0.2) is 11.8 Å². The Labute approximate surface area is 91.6 Å². The first kappa shape index (κ1) is 9.87. The fourth-order valence-corrected chi connectivity index (χ4v) is 2.65. The topological polar surface area (TPSA) is 43.1 Å². The van der Waals surface area contributed by atoms with Gasteiger partial charge in [0.2, 0.25) is 0 Å². The number of halogens is 1. The van der Waals surface area contributed by atoms with Crippen LogP contribution in [0.15, 0.2) is 24.3 Å². The van der Waals surface area contributed by atoms with Gasteiger partial charge in [-0.25, -0.2) is 0 Å². The molecule has 0 aromatic heterocycles. The molecule has 0 heterocycles. The van der Waals surface area contributed by atoms with Gasteiger partial charge in [-0.1, -0.05) is 40.2 Å². The first-order valence-electron chi connectivity index (χ1n) is 4.68. The molecular formula is C11H12BrNO. The first-order valence-corrected chi connectivity index (χ1v) is 5.60. The summed E-state index contributed by atoms with van der Waals surface area (Å²) in [4.78, 5) is 11.8. The van der Waals surface area contributed by atoms with Crippen molar-refractivity contribution >= 4 is 21.7 Å². The molecule has 3 heteroatoms. The van der Waals surface area contributed by atoms with Crippen molar-refractivity contribution in [3.8, 4) is 0 Å². The van der Waals surface area contributed by atoms with E-state index in [9.17, 15) is 4.79 Å². The van der Waals surface area contributed by atoms with Crippen LogP contribution in [0.4, 0.5) is 0 Å². The molecule has 0 saturated heterocycles. The van der Waals surface area contributed by atoms with Crippen molar-refractivity contribution in [2.45, 2.75) is 23.7 Å². The molecule has 74 valence electrons. The van der Waals surface area contributed by atoms with Crippen LogP contribution in [0.3, 0.4) is 0 Å². The zero-order valence-electron chi connectivity index (χ0n) is 7.74. The van der Waals surface area contributed by atoms with Crippen molar-refractivity contribution in [1.82, 2.24) is 0 Å². The van der Waals surface area contributed by atoms with Crippen LogP contribution in [0.2, 0.25) is 0 Å². The average molecular weight is 254 g/mol. The smallest absolute Gasteiger partial charge is 0.153 e. The number of hydrogen-bond donors (Lipinski definition) is 1. The van der Waals surface area contributed by atoms with Crippen molar-refractivity contribution < 1.29 is 4.79 Å². The van der Waals surface area contributed by atoms with E-state index < -0.39 is 0 Å². The van der Waals surface area contributed by atoms with Crippen molar-refractivity contribution in [2.75, 3.05) is 0 Å². The molecule has 0 radical (unpaired) electrons. The Morgan fingerprint density at radius 1 is 1.36 bits per heavy atom. The second-order valence-electron chi connectivity index (χ2n) is 3.65. The number of hydrogen-bond acceptors (Lipinski definition) is 2. The van der Waals surface area contributed by atoms with Gasteiger partial charge in [-0.2, -0.15) is 0 Å². The number of nitrogens with two attached hydrogens (primary N) is 1. The lowest BCUT2D eigenvalue weighted by atomic mass is 10.0. The van der Waals surface area contributed by atoms with Gasteiger partial charge in [-0.3, -0.25) is 4.79 Å². The summed E-state index contributed by atoms with van der Waals surface area (Å²) in [5, 5.41) is 0. The summed E-state index contributed by atoms with van der Waals surface area (Å²) in [6.07, 6.45) is 1.16. The predicted molar refractivity (Wildman–Crippen MR) is 59.4 cm³/mol. The number of ketones is 1. The molecule has 0 amide bonds. The van der Waals surface area contributed by atoms with Crippen molar-refractivity contribution in [3.63, 3.8) is 0 Å². The maximum Gasteiger partial charge on any atom is 0.153 e. The summed E-state index contributed by atoms with van der Waals surface area (Å²) in [7, 11) is 0. The maximum absolute atomic E-state index is 11.6. The van der Waals surface area contributed by atoms with Gasteiger partial charge in [0, 0.05) is 11.2 Å². The van der Waals surface area contributed by atoms with E-state index in [1.165, 1.54) is 5.56 Å². The fourth-order valence-electron chi connectivity index (χ4n) is 1.80. The molecule has 1 aromatic carbocycles. The minimum Gasteiger partial charge on any atom is -0.321 e. The Morgan fingerprint density at radius 2 is 2.07 bits per heavy atom. The number of fused-ring (bicyclic) bond motifs is 1. The molecule has 2 unspecified atom stereocenters. The summed E-state index contributed by atoms with van der Waals surface area (Å²) < 4.78 is 0. The van der Waals surface area contributed by atoms with Crippen LogP contribution < -0.4 is 5.73 Å². The van der Waals surface area contributed by atoms with E-state index in [1.54, 1.807) is 0 Å². The standard InChI is InChI=1S/C11H12BrNO/c12-9-6-10(13)11(14)5-7-3-1-2-4-8(7)9/h1-4,9-10H,5-6,13H2. The zero-order valence-corrected chi connectivity index (χ0v) is 9.33. The highest BCUT2D eigenvalue weighted by Crippen LogP contribution is 2.33. The molecule has 2 rings (SSSR count). The van der Waals surface area contributed by atoms with Crippen molar-refractivity contribution in [1.29, 1.82) is 0 Å². The van der Waals surface area contributed by atoms with E-state index in [1.807, 2.05) is 18.2 Å². The van der Waals surface area contributed by atoms with Crippen molar-refractivity contribution in [2.24, 2.45) is 5.73 Å². The first-order chi connectivity index (χ1) is 6.68. The largest absolute Gasteiger partial charge is 0.321 e. The summed E-state index contributed by atoms with van der Waals surface area (Å²) in [5.74, 6) is 0.138. The highest BCUT2D eigenvalue weighted by atomic mass is 79.9.